The van der Waals surface area contributed by atoms with Gasteiger partial charge < -0.3 is 9.84 Å². The van der Waals surface area contributed by atoms with Crippen molar-refractivity contribution in [2.75, 3.05) is 5.75 Å². The van der Waals surface area contributed by atoms with E-state index in [0.29, 0.717) is 12.3 Å². The van der Waals surface area contributed by atoms with E-state index >= 15 is 0 Å². The number of aliphatic hydroxyl groups excluding tert-OH is 1. The van der Waals surface area contributed by atoms with Crippen molar-refractivity contribution in [2.45, 2.75) is 70.6 Å². The first-order valence-corrected chi connectivity index (χ1v) is 10.5. The van der Waals surface area contributed by atoms with Crippen molar-refractivity contribution < 1.29 is 27.9 Å². The fourth-order valence-corrected chi connectivity index (χ4v) is 8.41. The Morgan fingerprint density at radius 1 is 1.32 bits per heavy atom. The molecule has 0 aromatic rings. The molecule has 2 saturated carbocycles. The highest BCUT2D eigenvalue weighted by molar-refractivity contribution is 7.90. The molecule has 2 aliphatic heterocycles. The Morgan fingerprint density at radius 2 is 2.00 bits per heavy atom. The van der Waals surface area contributed by atoms with Crippen molar-refractivity contribution in [3.8, 4) is 0 Å². The number of rotatable bonds is 2. The summed E-state index contributed by atoms with van der Waals surface area (Å²) in [7, 11) is -3.79. The predicted molar refractivity (Wildman–Crippen MR) is 87.7 cm³/mol. The Labute approximate surface area is 147 Å². The van der Waals surface area contributed by atoms with E-state index < -0.39 is 45.1 Å². The van der Waals surface area contributed by atoms with Gasteiger partial charge in [-0.1, -0.05) is 13.8 Å². The molecule has 1 amide bonds. The summed E-state index contributed by atoms with van der Waals surface area (Å²) in [6.07, 6.45) is 1.10. The molecule has 0 radical (unpaired) electrons. The quantitative estimate of drug-likeness (QED) is 0.721. The van der Waals surface area contributed by atoms with Crippen LogP contribution in [0.3, 0.4) is 0 Å². The summed E-state index contributed by atoms with van der Waals surface area (Å²) in [4.78, 5) is 24.4. The van der Waals surface area contributed by atoms with Crippen LogP contribution in [0.25, 0.3) is 0 Å². The number of cyclic esters (lactones) is 1. The first kappa shape index (κ1) is 17.3. The van der Waals surface area contributed by atoms with Crippen LogP contribution in [0.4, 0.5) is 0 Å². The number of esters is 1. The summed E-state index contributed by atoms with van der Waals surface area (Å²) >= 11 is 0. The number of hydrogen-bond acceptors (Lipinski definition) is 6. The Bertz CT molecular complexity index is 761. The van der Waals surface area contributed by atoms with Crippen LogP contribution >= 0.6 is 0 Å². The second-order valence-electron chi connectivity index (χ2n) is 8.94. The van der Waals surface area contributed by atoms with Crippen LogP contribution in [0.2, 0.25) is 0 Å². The van der Waals surface area contributed by atoms with Gasteiger partial charge in [0.05, 0.1) is 11.8 Å². The fraction of sp³-hybridized carbons (Fsp3) is 0.882. The summed E-state index contributed by atoms with van der Waals surface area (Å²) in [6.45, 7) is 5.69. The highest BCUT2D eigenvalue weighted by Gasteiger charge is 2.72. The molecule has 1 N–H and O–H groups in total. The number of sulfonamides is 1. The third kappa shape index (κ3) is 1.98. The molecule has 2 saturated heterocycles. The molecule has 0 unspecified atom stereocenters. The zero-order chi connectivity index (χ0) is 18.4. The zero-order valence-corrected chi connectivity index (χ0v) is 15.6. The Balaban J connectivity index is 1.69. The molecule has 7 nitrogen and oxygen atoms in total. The highest BCUT2D eigenvalue weighted by Crippen LogP contribution is 2.70. The number of amides is 1. The summed E-state index contributed by atoms with van der Waals surface area (Å²) < 4.78 is 31.8. The average Bonchev–Trinajstić information content (AvgIpc) is 3.12. The van der Waals surface area contributed by atoms with Crippen molar-refractivity contribution in [3.05, 3.63) is 0 Å². The Morgan fingerprint density at radius 3 is 2.56 bits per heavy atom. The van der Waals surface area contributed by atoms with Gasteiger partial charge in [-0.3, -0.25) is 9.59 Å². The molecule has 2 bridgehead atoms. The maximum atomic E-state index is 13.0. The lowest BCUT2D eigenvalue weighted by molar-refractivity contribution is -0.165. The standard InChI is InChI=1S/C17H25NO6S/c1-15(2)10-4-7-17(15)9-25(22,23)18(11(17)8-10)14(21)13(20)16(3)6-5-12(19)24-16/h10-11,13,20H,4-9H2,1-3H3/t10-,11-,13+,16-,17-/m0/s1. The molecule has 4 rings (SSSR count). The third-order valence-electron chi connectivity index (χ3n) is 7.61. The largest absolute Gasteiger partial charge is 0.456 e. The summed E-state index contributed by atoms with van der Waals surface area (Å²) in [5, 5.41) is 10.6. The van der Waals surface area contributed by atoms with Crippen LogP contribution in [-0.2, 0) is 24.3 Å². The third-order valence-corrected chi connectivity index (χ3v) is 9.53. The molecule has 25 heavy (non-hydrogen) atoms. The summed E-state index contributed by atoms with van der Waals surface area (Å²) in [6, 6.07) is -0.394. The SMILES string of the molecule is CC1(C)[C@H]2CC[C@@]13CS(=O)(=O)N(C(=O)[C@@H](O)[C@]1(C)CCC(=O)O1)[C@H]3C2. The van der Waals surface area contributed by atoms with Crippen LogP contribution in [-0.4, -0.2) is 53.2 Å². The van der Waals surface area contributed by atoms with E-state index in [4.69, 9.17) is 4.74 Å². The Kier molecular flexibility index (Phi) is 3.29. The minimum atomic E-state index is -3.79. The minimum absolute atomic E-state index is 0.0386. The van der Waals surface area contributed by atoms with Gasteiger partial charge in [0.2, 0.25) is 10.0 Å². The number of carbonyl (C=O) groups is 2. The summed E-state index contributed by atoms with van der Waals surface area (Å²) in [5.74, 6) is -0.970. The van der Waals surface area contributed by atoms with Gasteiger partial charge in [0.1, 0.15) is 5.60 Å². The minimum Gasteiger partial charge on any atom is -0.456 e. The molecule has 2 heterocycles. The number of fused-ring (bicyclic) bond motifs is 1. The van der Waals surface area contributed by atoms with Crippen molar-refractivity contribution >= 4 is 21.9 Å². The molecule has 2 aliphatic carbocycles. The van der Waals surface area contributed by atoms with Gasteiger partial charge in [-0.2, -0.15) is 0 Å². The van der Waals surface area contributed by atoms with Crippen molar-refractivity contribution in [2.24, 2.45) is 16.7 Å². The van der Waals surface area contributed by atoms with Crippen LogP contribution in [0.15, 0.2) is 0 Å². The van der Waals surface area contributed by atoms with Crippen LogP contribution in [0, 0.1) is 16.7 Å². The second kappa shape index (κ2) is 4.76. The average molecular weight is 371 g/mol. The monoisotopic (exact) mass is 371 g/mol. The van der Waals surface area contributed by atoms with Gasteiger partial charge in [-0.05, 0) is 37.5 Å². The van der Waals surface area contributed by atoms with E-state index in [-0.39, 0.29) is 24.0 Å². The van der Waals surface area contributed by atoms with E-state index in [1.165, 1.54) is 6.92 Å². The van der Waals surface area contributed by atoms with E-state index in [9.17, 15) is 23.1 Å². The van der Waals surface area contributed by atoms with Gasteiger partial charge in [0.15, 0.2) is 6.10 Å². The maximum absolute atomic E-state index is 13.0. The van der Waals surface area contributed by atoms with Crippen molar-refractivity contribution in [1.29, 1.82) is 0 Å². The Hall–Kier alpha value is -1.15. The second-order valence-corrected chi connectivity index (χ2v) is 10.8. The smallest absolute Gasteiger partial charge is 0.306 e. The molecular weight excluding hydrogens is 346 g/mol. The van der Waals surface area contributed by atoms with Crippen LogP contribution in [0.5, 0.6) is 0 Å². The number of ether oxygens (including phenoxy) is 1. The van der Waals surface area contributed by atoms with Gasteiger partial charge >= 0.3 is 5.97 Å². The number of carbonyl (C=O) groups excluding carboxylic acids is 2. The molecular formula is C17H25NO6S. The molecule has 4 aliphatic rings. The number of aliphatic hydroxyl groups is 1. The lowest BCUT2D eigenvalue weighted by Gasteiger charge is -2.38. The molecule has 8 heteroatoms. The molecule has 0 aromatic heterocycles. The fourth-order valence-electron chi connectivity index (χ4n) is 5.87. The van der Waals surface area contributed by atoms with E-state index in [0.717, 1.165) is 17.1 Å². The lowest BCUT2D eigenvalue weighted by Crippen LogP contribution is -2.54. The van der Waals surface area contributed by atoms with Crippen LogP contribution < -0.4 is 0 Å². The molecule has 140 valence electrons. The van der Waals surface area contributed by atoms with Gasteiger partial charge in [-0.15, -0.1) is 0 Å². The van der Waals surface area contributed by atoms with Gasteiger partial charge in [-0.25, -0.2) is 12.7 Å². The first-order chi connectivity index (χ1) is 11.4. The first-order valence-electron chi connectivity index (χ1n) is 8.90. The number of nitrogens with zero attached hydrogens (tertiary/aromatic N) is 1. The molecule has 5 atom stereocenters. The predicted octanol–water partition coefficient (Wildman–Crippen LogP) is 0.810. The van der Waals surface area contributed by atoms with Gasteiger partial charge in [0.25, 0.3) is 5.91 Å². The normalized spacial score (nSPS) is 44.6. The lowest BCUT2D eigenvalue weighted by atomic mass is 9.69. The van der Waals surface area contributed by atoms with E-state index in [1.54, 1.807) is 0 Å². The van der Waals surface area contributed by atoms with Crippen LogP contribution in [0.1, 0.15) is 52.9 Å². The van der Waals surface area contributed by atoms with Gasteiger partial charge in [0, 0.05) is 18.3 Å². The summed E-state index contributed by atoms with van der Waals surface area (Å²) in [5.41, 5.74) is -1.93. The van der Waals surface area contributed by atoms with Crippen molar-refractivity contribution in [1.82, 2.24) is 4.31 Å². The zero-order valence-electron chi connectivity index (χ0n) is 14.8. The number of hydrogen-bond donors (Lipinski definition) is 1. The van der Waals surface area contributed by atoms with E-state index in [2.05, 4.69) is 13.8 Å². The molecule has 1 spiro atoms. The van der Waals surface area contributed by atoms with E-state index in [1.807, 2.05) is 0 Å². The maximum Gasteiger partial charge on any atom is 0.306 e. The highest BCUT2D eigenvalue weighted by atomic mass is 32.2. The van der Waals surface area contributed by atoms with Crippen molar-refractivity contribution in [3.63, 3.8) is 0 Å². The molecule has 4 fully saturated rings. The molecule has 0 aromatic carbocycles. The topological polar surface area (TPSA) is 101 Å².